The molecule has 3 heterocycles. The van der Waals surface area contributed by atoms with E-state index >= 15 is 0 Å². The monoisotopic (exact) mass is 389 g/mol. The van der Waals surface area contributed by atoms with E-state index in [0.29, 0.717) is 20.9 Å². The van der Waals surface area contributed by atoms with Crippen LogP contribution in [0.25, 0.3) is 11.8 Å². The van der Waals surface area contributed by atoms with Crippen molar-refractivity contribution in [3.05, 3.63) is 57.8 Å². The summed E-state index contributed by atoms with van der Waals surface area (Å²) in [5.74, 6) is -0.464. The molecule has 0 radical (unpaired) electrons. The average Bonchev–Trinajstić information content (AvgIpc) is 3.23. The van der Waals surface area contributed by atoms with Crippen LogP contribution >= 0.6 is 35.0 Å². The van der Waals surface area contributed by atoms with E-state index in [9.17, 15) is 4.79 Å². The van der Waals surface area contributed by atoms with Crippen LogP contribution in [0.3, 0.4) is 0 Å². The summed E-state index contributed by atoms with van der Waals surface area (Å²) in [5.41, 5.74) is 3.21. The summed E-state index contributed by atoms with van der Waals surface area (Å²) in [4.78, 5) is 16.2. The second-order valence-electron chi connectivity index (χ2n) is 5.16. The van der Waals surface area contributed by atoms with Crippen molar-refractivity contribution in [2.45, 2.75) is 0 Å². The predicted octanol–water partition coefficient (Wildman–Crippen LogP) is 4.03. The number of aliphatic imine (C=N–C) groups is 1. The van der Waals surface area contributed by atoms with Crippen molar-refractivity contribution in [2.75, 3.05) is 0 Å². The molecule has 1 aromatic heterocycles. The fourth-order valence-electron chi connectivity index (χ4n) is 2.47. The average molecular weight is 390 g/mol. The third-order valence-corrected chi connectivity index (χ3v) is 5.06. The molecule has 0 saturated carbocycles. The summed E-state index contributed by atoms with van der Waals surface area (Å²) in [6, 6.07) is 8.93. The number of benzene rings is 1. The molecule has 2 aliphatic rings. The van der Waals surface area contributed by atoms with Gasteiger partial charge in [-0.25, -0.2) is 0 Å². The van der Waals surface area contributed by atoms with Crippen molar-refractivity contribution in [1.29, 1.82) is 5.41 Å². The Morgan fingerprint density at radius 3 is 2.84 bits per heavy atom. The summed E-state index contributed by atoms with van der Waals surface area (Å²) in [7, 11) is 0. The van der Waals surface area contributed by atoms with Crippen LogP contribution in [0.5, 0.6) is 0 Å². The molecule has 0 aliphatic carbocycles. The molecule has 124 valence electrons. The van der Waals surface area contributed by atoms with Gasteiger partial charge in [-0.05, 0) is 48.2 Å². The van der Waals surface area contributed by atoms with Gasteiger partial charge < -0.3 is 4.57 Å². The molecule has 0 spiro atoms. The summed E-state index contributed by atoms with van der Waals surface area (Å²) < 4.78 is 1.84. The summed E-state index contributed by atoms with van der Waals surface area (Å²) in [6.07, 6.45) is 3.45. The molecule has 4 rings (SSSR count). The van der Waals surface area contributed by atoms with Crippen LogP contribution in [0.1, 0.15) is 5.69 Å². The van der Waals surface area contributed by atoms with Gasteiger partial charge in [-0.15, -0.1) is 0 Å². The number of halogens is 2. The fourth-order valence-corrected chi connectivity index (χ4v) is 3.37. The molecule has 1 aromatic carbocycles. The Morgan fingerprint density at radius 1 is 1.20 bits per heavy atom. The van der Waals surface area contributed by atoms with Crippen molar-refractivity contribution in [1.82, 2.24) is 9.58 Å². The molecule has 25 heavy (non-hydrogen) atoms. The number of fused-ring (bicyclic) bond motifs is 1. The fraction of sp³-hybridized carbons (Fsp3) is 0. The quantitative estimate of drug-likeness (QED) is 0.787. The van der Waals surface area contributed by atoms with Gasteiger partial charge in [0, 0.05) is 17.6 Å². The van der Waals surface area contributed by atoms with Crippen LogP contribution in [0.15, 0.2) is 52.2 Å². The first-order chi connectivity index (χ1) is 12.0. The molecule has 0 saturated heterocycles. The van der Waals surface area contributed by atoms with Gasteiger partial charge in [-0.1, -0.05) is 23.2 Å². The molecule has 0 fully saturated rings. The van der Waals surface area contributed by atoms with E-state index in [2.05, 4.69) is 10.1 Å². The van der Waals surface area contributed by atoms with Crippen LogP contribution in [0.4, 0.5) is 0 Å². The minimum atomic E-state index is -0.462. The number of amidine groups is 2. The SMILES string of the molecule is N=C1/C(=C\c2cccn2-c2ccc(Cl)c(Cl)c2)C(=O)N=C2SC=NN12. The molecule has 1 amide bonds. The number of carbonyl (C=O) groups is 1. The number of thioether (sulfide) groups is 1. The van der Waals surface area contributed by atoms with Crippen LogP contribution in [-0.2, 0) is 4.79 Å². The third kappa shape index (κ3) is 2.80. The van der Waals surface area contributed by atoms with E-state index in [-0.39, 0.29) is 11.4 Å². The topological polar surface area (TPSA) is 73.8 Å². The van der Waals surface area contributed by atoms with Crippen LogP contribution in [-0.4, -0.2) is 32.0 Å². The van der Waals surface area contributed by atoms with Gasteiger partial charge in [0.15, 0.2) is 11.0 Å². The lowest BCUT2D eigenvalue weighted by Crippen LogP contribution is -2.35. The summed E-state index contributed by atoms with van der Waals surface area (Å²) >= 11 is 13.3. The molecule has 0 bridgehead atoms. The predicted molar refractivity (Wildman–Crippen MR) is 102 cm³/mol. The Morgan fingerprint density at radius 2 is 2.04 bits per heavy atom. The van der Waals surface area contributed by atoms with Crippen molar-refractivity contribution in [3.63, 3.8) is 0 Å². The number of nitrogens with zero attached hydrogens (tertiary/aromatic N) is 4. The van der Waals surface area contributed by atoms with Crippen molar-refractivity contribution < 1.29 is 4.79 Å². The number of carbonyl (C=O) groups excluding carboxylic acids is 1. The minimum absolute atomic E-state index is 0.00172. The van der Waals surface area contributed by atoms with Gasteiger partial charge in [-0.2, -0.15) is 15.1 Å². The van der Waals surface area contributed by atoms with Crippen LogP contribution in [0.2, 0.25) is 10.0 Å². The number of hydrogen-bond donors (Lipinski definition) is 1. The largest absolute Gasteiger partial charge is 0.317 e. The lowest BCUT2D eigenvalue weighted by atomic mass is 10.1. The highest BCUT2D eigenvalue weighted by molar-refractivity contribution is 8.25. The van der Waals surface area contributed by atoms with Crippen molar-refractivity contribution in [3.8, 4) is 5.69 Å². The van der Waals surface area contributed by atoms with Crippen LogP contribution < -0.4 is 0 Å². The molecule has 0 atom stereocenters. The summed E-state index contributed by atoms with van der Waals surface area (Å²) in [6.45, 7) is 0. The highest BCUT2D eigenvalue weighted by Gasteiger charge is 2.32. The Balaban J connectivity index is 1.77. The molecule has 2 aliphatic heterocycles. The molecule has 2 aromatic rings. The second kappa shape index (κ2) is 6.18. The standard InChI is InChI=1S/C16H9Cl2N5OS/c17-12-4-3-10(7-13(12)18)22-5-1-2-9(22)6-11-14(19)23-16(21-15(11)24)25-8-20-23/h1-8,19H/b11-6+,19-14?. The number of rotatable bonds is 2. The number of hydrogen-bond acceptors (Lipinski definition) is 4. The van der Waals surface area contributed by atoms with Gasteiger partial charge >= 0.3 is 0 Å². The Hall–Kier alpha value is -2.35. The van der Waals surface area contributed by atoms with E-state index in [1.165, 1.54) is 16.8 Å². The first-order valence-electron chi connectivity index (χ1n) is 7.10. The van der Waals surface area contributed by atoms with E-state index < -0.39 is 5.91 Å². The van der Waals surface area contributed by atoms with Gasteiger partial charge in [0.2, 0.25) is 0 Å². The first-order valence-corrected chi connectivity index (χ1v) is 8.74. The molecule has 9 heteroatoms. The van der Waals surface area contributed by atoms with E-state index in [4.69, 9.17) is 28.6 Å². The maximum Gasteiger partial charge on any atom is 0.283 e. The zero-order valence-corrected chi connectivity index (χ0v) is 14.8. The Bertz CT molecular complexity index is 1010. The van der Waals surface area contributed by atoms with Gasteiger partial charge in [0.25, 0.3) is 5.91 Å². The smallest absolute Gasteiger partial charge is 0.283 e. The Labute approximate surface area is 156 Å². The summed E-state index contributed by atoms with van der Waals surface area (Å²) in [5, 5.41) is 14.9. The molecular formula is C16H9Cl2N5OS. The van der Waals surface area contributed by atoms with Gasteiger partial charge in [0.05, 0.1) is 21.2 Å². The molecule has 1 N–H and O–H groups in total. The normalized spacial score (nSPS) is 18.1. The highest BCUT2D eigenvalue weighted by Crippen LogP contribution is 2.28. The number of aromatic nitrogens is 1. The van der Waals surface area contributed by atoms with E-state index in [1.54, 1.807) is 23.8 Å². The van der Waals surface area contributed by atoms with Crippen molar-refractivity contribution >= 4 is 63.5 Å². The lowest BCUT2D eigenvalue weighted by Gasteiger charge is -2.20. The highest BCUT2D eigenvalue weighted by atomic mass is 35.5. The van der Waals surface area contributed by atoms with Crippen LogP contribution in [0, 0.1) is 5.41 Å². The zero-order valence-electron chi connectivity index (χ0n) is 12.5. The first kappa shape index (κ1) is 16.1. The minimum Gasteiger partial charge on any atom is -0.317 e. The van der Waals surface area contributed by atoms with Gasteiger partial charge in [0.1, 0.15) is 0 Å². The maximum atomic E-state index is 12.3. The van der Waals surface area contributed by atoms with Gasteiger partial charge in [-0.3, -0.25) is 10.2 Å². The van der Waals surface area contributed by atoms with Crippen molar-refractivity contribution in [2.24, 2.45) is 10.1 Å². The lowest BCUT2D eigenvalue weighted by molar-refractivity contribution is -0.114. The zero-order chi connectivity index (χ0) is 17.6. The number of hydrazone groups is 1. The molecule has 6 nitrogen and oxygen atoms in total. The molecule has 0 unspecified atom stereocenters. The molecular weight excluding hydrogens is 381 g/mol. The second-order valence-corrected chi connectivity index (χ2v) is 6.78. The number of nitrogens with one attached hydrogen (secondary N) is 1. The maximum absolute atomic E-state index is 12.3. The number of amides is 1. The Kier molecular flexibility index (Phi) is 3.99. The van der Waals surface area contributed by atoms with E-state index in [0.717, 1.165) is 5.69 Å². The van der Waals surface area contributed by atoms with E-state index in [1.807, 2.05) is 29.0 Å². The third-order valence-electron chi connectivity index (χ3n) is 3.65.